The lowest BCUT2D eigenvalue weighted by molar-refractivity contribution is -0.132. The van der Waals surface area contributed by atoms with Gasteiger partial charge in [0.25, 0.3) is 0 Å². The predicted molar refractivity (Wildman–Crippen MR) is 74.7 cm³/mol. The van der Waals surface area contributed by atoms with E-state index in [4.69, 9.17) is 4.42 Å². The first kappa shape index (κ1) is 14.1. The van der Waals surface area contributed by atoms with Crippen molar-refractivity contribution in [3.63, 3.8) is 0 Å². The summed E-state index contributed by atoms with van der Waals surface area (Å²) in [6.07, 6.45) is 9.88. The molecule has 2 rings (SSSR count). The predicted octanol–water partition coefficient (Wildman–Crippen LogP) is 2.55. The molecule has 19 heavy (non-hydrogen) atoms. The maximum Gasteiger partial charge on any atom is 0.224 e. The van der Waals surface area contributed by atoms with Gasteiger partial charge in [-0.1, -0.05) is 19.3 Å². The monoisotopic (exact) mass is 264 g/mol. The maximum absolute atomic E-state index is 12.4. The van der Waals surface area contributed by atoms with E-state index in [0.29, 0.717) is 13.0 Å². The van der Waals surface area contributed by atoms with Gasteiger partial charge in [-0.3, -0.25) is 4.79 Å². The van der Waals surface area contributed by atoms with Gasteiger partial charge in [0.2, 0.25) is 5.91 Å². The molecule has 1 amide bonds. The van der Waals surface area contributed by atoms with Gasteiger partial charge in [0.1, 0.15) is 0 Å². The molecule has 1 fully saturated rings. The Labute approximate surface area is 115 Å². The van der Waals surface area contributed by atoms with Crippen LogP contribution < -0.4 is 5.32 Å². The summed E-state index contributed by atoms with van der Waals surface area (Å²) in [5.41, 5.74) is 1.05. The standard InChI is InChI=1S/C15H24N2O2/c1-16-15(7-4-3-5-8-15)10-14(18)17(2)11-13-6-9-19-12-13/h6,9,12,16H,3-5,7-8,10-11H2,1-2H3. The minimum atomic E-state index is 0.0139. The molecule has 0 radical (unpaired) electrons. The number of hydrogen-bond acceptors (Lipinski definition) is 3. The molecule has 0 bridgehead atoms. The van der Waals surface area contributed by atoms with Crippen LogP contribution in [0.5, 0.6) is 0 Å². The Morgan fingerprint density at radius 1 is 1.42 bits per heavy atom. The number of carbonyl (C=O) groups excluding carboxylic acids is 1. The summed E-state index contributed by atoms with van der Waals surface area (Å²) in [6.45, 7) is 0.620. The summed E-state index contributed by atoms with van der Waals surface area (Å²) in [5.74, 6) is 0.206. The first-order valence-electron chi connectivity index (χ1n) is 7.09. The van der Waals surface area contributed by atoms with Gasteiger partial charge in [0.05, 0.1) is 12.5 Å². The van der Waals surface area contributed by atoms with Crippen LogP contribution in [0.15, 0.2) is 23.0 Å². The first-order chi connectivity index (χ1) is 9.15. The molecule has 0 aromatic carbocycles. The molecule has 1 aliphatic carbocycles. The van der Waals surface area contributed by atoms with Crippen molar-refractivity contribution in [3.05, 3.63) is 24.2 Å². The van der Waals surface area contributed by atoms with Crippen LogP contribution in [0, 0.1) is 0 Å². The molecule has 1 aliphatic rings. The summed E-state index contributed by atoms with van der Waals surface area (Å²) < 4.78 is 5.04. The highest BCUT2D eigenvalue weighted by Gasteiger charge is 2.33. The van der Waals surface area contributed by atoms with Crippen LogP contribution in [0.3, 0.4) is 0 Å². The first-order valence-corrected chi connectivity index (χ1v) is 7.09. The van der Waals surface area contributed by atoms with Crippen LogP contribution in [0.2, 0.25) is 0 Å². The van der Waals surface area contributed by atoms with Gasteiger partial charge < -0.3 is 14.6 Å². The maximum atomic E-state index is 12.4. The van der Waals surface area contributed by atoms with E-state index in [1.807, 2.05) is 20.2 Å². The topological polar surface area (TPSA) is 45.5 Å². The van der Waals surface area contributed by atoms with Crippen LogP contribution in [0.1, 0.15) is 44.1 Å². The molecule has 4 heteroatoms. The van der Waals surface area contributed by atoms with E-state index in [2.05, 4.69) is 5.32 Å². The van der Waals surface area contributed by atoms with Gasteiger partial charge in [0, 0.05) is 31.1 Å². The van der Waals surface area contributed by atoms with Crippen molar-refractivity contribution >= 4 is 5.91 Å². The van der Waals surface area contributed by atoms with E-state index < -0.39 is 0 Å². The van der Waals surface area contributed by atoms with Crippen molar-refractivity contribution in [1.82, 2.24) is 10.2 Å². The van der Waals surface area contributed by atoms with Gasteiger partial charge >= 0.3 is 0 Å². The Balaban J connectivity index is 1.91. The molecule has 1 aromatic heterocycles. The van der Waals surface area contributed by atoms with Crippen molar-refractivity contribution < 1.29 is 9.21 Å². The minimum absolute atomic E-state index is 0.0139. The molecule has 106 valence electrons. The average Bonchev–Trinajstić information content (AvgIpc) is 2.92. The van der Waals surface area contributed by atoms with Crippen LogP contribution in [-0.2, 0) is 11.3 Å². The Hall–Kier alpha value is -1.29. The van der Waals surface area contributed by atoms with Crippen LogP contribution >= 0.6 is 0 Å². The molecular weight excluding hydrogens is 240 g/mol. The third kappa shape index (κ3) is 3.60. The summed E-state index contributed by atoms with van der Waals surface area (Å²) in [6, 6.07) is 1.90. The second-order valence-corrected chi connectivity index (χ2v) is 5.65. The Morgan fingerprint density at radius 2 is 2.16 bits per heavy atom. The highest BCUT2D eigenvalue weighted by Crippen LogP contribution is 2.31. The smallest absolute Gasteiger partial charge is 0.224 e. The van der Waals surface area contributed by atoms with E-state index in [1.165, 1.54) is 19.3 Å². The van der Waals surface area contributed by atoms with Gasteiger partial charge in [-0.2, -0.15) is 0 Å². The van der Waals surface area contributed by atoms with Crippen molar-refractivity contribution in [3.8, 4) is 0 Å². The van der Waals surface area contributed by atoms with Crippen LogP contribution in [0.25, 0.3) is 0 Å². The zero-order valence-electron chi connectivity index (χ0n) is 11.9. The lowest BCUT2D eigenvalue weighted by Gasteiger charge is -2.37. The minimum Gasteiger partial charge on any atom is -0.472 e. The molecule has 1 saturated carbocycles. The fraction of sp³-hybridized carbons (Fsp3) is 0.667. The summed E-state index contributed by atoms with van der Waals surface area (Å²) in [4.78, 5) is 14.1. The second-order valence-electron chi connectivity index (χ2n) is 5.65. The van der Waals surface area contributed by atoms with E-state index in [9.17, 15) is 4.79 Å². The molecule has 0 atom stereocenters. The normalized spacial score (nSPS) is 18.2. The molecule has 1 aromatic rings. The van der Waals surface area contributed by atoms with E-state index in [0.717, 1.165) is 18.4 Å². The van der Waals surface area contributed by atoms with E-state index in [1.54, 1.807) is 17.4 Å². The zero-order chi connectivity index (χ0) is 13.7. The SMILES string of the molecule is CNC1(CC(=O)N(C)Cc2ccoc2)CCCCC1. The van der Waals surface area contributed by atoms with Gasteiger partial charge in [-0.15, -0.1) is 0 Å². The van der Waals surface area contributed by atoms with Crippen LogP contribution in [-0.4, -0.2) is 30.4 Å². The lowest BCUT2D eigenvalue weighted by atomic mass is 9.79. The quantitative estimate of drug-likeness (QED) is 0.889. The molecule has 0 aliphatic heterocycles. The number of furan rings is 1. The highest BCUT2D eigenvalue weighted by atomic mass is 16.3. The number of hydrogen-bond donors (Lipinski definition) is 1. The van der Waals surface area contributed by atoms with Crippen LogP contribution in [0.4, 0.5) is 0 Å². The number of amides is 1. The van der Waals surface area contributed by atoms with Crippen molar-refractivity contribution in [2.45, 2.75) is 50.6 Å². The number of carbonyl (C=O) groups is 1. The third-order valence-corrected chi connectivity index (χ3v) is 4.26. The largest absolute Gasteiger partial charge is 0.472 e. The number of rotatable bonds is 5. The molecular formula is C15H24N2O2. The molecule has 0 unspecified atom stereocenters. The summed E-state index contributed by atoms with van der Waals surface area (Å²) in [7, 11) is 3.84. The Bertz CT molecular complexity index is 394. The van der Waals surface area contributed by atoms with E-state index >= 15 is 0 Å². The van der Waals surface area contributed by atoms with Crippen molar-refractivity contribution in [2.24, 2.45) is 0 Å². The molecule has 1 heterocycles. The number of nitrogens with zero attached hydrogens (tertiary/aromatic N) is 1. The fourth-order valence-electron chi connectivity index (χ4n) is 2.91. The van der Waals surface area contributed by atoms with E-state index in [-0.39, 0.29) is 11.4 Å². The van der Waals surface area contributed by atoms with Gasteiger partial charge in [0.15, 0.2) is 0 Å². The van der Waals surface area contributed by atoms with Gasteiger partial charge in [-0.25, -0.2) is 0 Å². The molecule has 1 N–H and O–H groups in total. The third-order valence-electron chi connectivity index (χ3n) is 4.26. The molecule has 0 spiro atoms. The Kier molecular flexibility index (Phi) is 4.64. The fourth-order valence-corrected chi connectivity index (χ4v) is 2.91. The van der Waals surface area contributed by atoms with Gasteiger partial charge in [-0.05, 0) is 26.0 Å². The molecule has 0 saturated heterocycles. The lowest BCUT2D eigenvalue weighted by Crippen LogP contribution is -2.48. The van der Waals surface area contributed by atoms with Crippen molar-refractivity contribution in [2.75, 3.05) is 14.1 Å². The Morgan fingerprint density at radius 3 is 2.74 bits per heavy atom. The van der Waals surface area contributed by atoms with Crippen molar-refractivity contribution in [1.29, 1.82) is 0 Å². The highest BCUT2D eigenvalue weighted by molar-refractivity contribution is 5.77. The summed E-state index contributed by atoms with van der Waals surface area (Å²) in [5, 5.41) is 3.40. The zero-order valence-corrected chi connectivity index (χ0v) is 11.9. The average molecular weight is 264 g/mol. The molecule has 4 nitrogen and oxygen atoms in total. The summed E-state index contributed by atoms with van der Waals surface area (Å²) >= 11 is 0. The number of nitrogens with one attached hydrogen (secondary N) is 1. The second kappa shape index (κ2) is 6.24.